The second-order valence-electron chi connectivity index (χ2n) is 7.62. The highest BCUT2D eigenvalue weighted by molar-refractivity contribution is 6.00. The van der Waals surface area contributed by atoms with E-state index in [9.17, 15) is 10.1 Å². The van der Waals surface area contributed by atoms with Crippen molar-refractivity contribution >= 4 is 23.1 Å². The fourth-order valence-electron chi connectivity index (χ4n) is 3.51. The minimum absolute atomic E-state index is 0.111. The second kappa shape index (κ2) is 9.01. The molecule has 12 heteroatoms. The molecule has 0 bridgehead atoms. The lowest BCUT2D eigenvalue weighted by molar-refractivity contribution is 0.0600. The van der Waals surface area contributed by atoms with Crippen LogP contribution in [0.4, 0.5) is 16.2 Å². The molecule has 168 valence electrons. The summed E-state index contributed by atoms with van der Waals surface area (Å²) >= 11 is 0. The molecule has 4 aromatic heterocycles. The van der Waals surface area contributed by atoms with E-state index < -0.39 is 6.03 Å². The molecule has 0 saturated heterocycles. The smallest absolute Gasteiger partial charge is 0.323 e. The first-order valence-electron chi connectivity index (χ1n) is 10.1. The van der Waals surface area contributed by atoms with Crippen LogP contribution in [0.5, 0.6) is 0 Å². The lowest BCUT2D eigenvalue weighted by Crippen LogP contribution is -2.24. The van der Waals surface area contributed by atoms with Crippen LogP contribution in [0, 0.1) is 24.2 Å². The Balaban J connectivity index is 1.63. The van der Waals surface area contributed by atoms with Crippen molar-refractivity contribution in [3.05, 3.63) is 53.9 Å². The van der Waals surface area contributed by atoms with Crippen molar-refractivity contribution < 1.29 is 9.53 Å². The van der Waals surface area contributed by atoms with E-state index in [1.807, 2.05) is 32.9 Å². The van der Waals surface area contributed by atoms with E-state index in [1.54, 1.807) is 17.8 Å². The minimum Gasteiger partial charge on any atom is -0.375 e. The van der Waals surface area contributed by atoms with Crippen LogP contribution >= 0.6 is 0 Å². The lowest BCUT2D eigenvalue weighted by atomic mass is 10.0. The third-order valence-electron chi connectivity index (χ3n) is 4.87. The third-order valence-corrected chi connectivity index (χ3v) is 4.87. The number of anilines is 2. The number of ether oxygens (including phenoxy) is 1. The molecule has 0 aliphatic rings. The van der Waals surface area contributed by atoms with Gasteiger partial charge in [0.25, 0.3) is 0 Å². The molecule has 0 fully saturated rings. The number of hydrogen-bond donors (Lipinski definition) is 2. The predicted molar refractivity (Wildman–Crippen MR) is 119 cm³/mol. The zero-order valence-electron chi connectivity index (χ0n) is 18.5. The van der Waals surface area contributed by atoms with Crippen molar-refractivity contribution in [1.29, 1.82) is 5.26 Å². The minimum atomic E-state index is -0.532. The van der Waals surface area contributed by atoms with E-state index >= 15 is 0 Å². The van der Waals surface area contributed by atoms with Gasteiger partial charge in [0.1, 0.15) is 17.7 Å². The molecule has 4 rings (SSSR count). The lowest BCUT2D eigenvalue weighted by Gasteiger charge is -2.23. The Labute approximate surface area is 189 Å². The van der Waals surface area contributed by atoms with Gasteiger partial charge in [-0.2, -0.15) is 20.6 Å². The standard InChI is InChI=1S/C21H22N10O2/c1-12(2)19(33-4)18-16(11-23-17-7-13(3)29-30(17)18)28-21(32)27-15-8-14(9-22)20(24-10-15)31-25-5-6-26-31/h5-8,10-12,19H,1-4H3,(H2,27,28,32). The first-order chi connectivity index (χ1) is 15.9. The maximum Gasteiger partial charge on any atom is 0.323 e. The Morgan fingerprint density at radius 1 is 1.15 bits per heavy atom. The Hall–Kier alpha value is -4.37. The van der Waals surface area contributed by atoms with Crippen LogP contribution < -0.4 is 10.6 Å². The summed E-state index contributed by atoms with van der Waals surface area (Å²) < 4.78 is 7.39. The Morgan fingerprint density at radius 2 is 1.91 bits per heavy atom. The molecule has 33 heavy (non-hydrogen) atoms. The van der Waals surface area contributed by atoms with Crippen LogP contribution in [0.1, 0.15) is 36.9 Å². The van der Waals surface area contributed by atoms with Gasteiger partial charge >= 0.3 is 6.03 Å². The number of carbonyl (C=O) groups excluding carboxylic acids is 1. The Kier molecular flexibility index (Phi) is 5.97. The van der Waals surface area contributed by atoms with Gasteiger partial charge in [0, 0.05) is 13.2 Å². The number of rotatable bonds is 6. The third kappa shape index (κ3) is 4.35. The van der Waals surface area contributed by atoms with Crippen LogP contribution in [0.15, 0.2) is 36.9 Å². The van der Waals surface area contributed by atoms with E-state index in [-0.39, 0.29) is 23.4 Å². The van der Waals surface area contributed by atoms with Crippen molar-refractivity contribution in [2.45, 2.75) is 26.9 Å². The highest BCUT2D eigenvalue weighted by Crippen LogP contribution is 2.31. The number of hydrogen-bond acceptors (Lipinski definition) is 8. The van der Waals surface area contributed by atoms with Crippen LogP contribution in [-0.4, -0.2) is 47.7 Å². The Bertz CT molecular complexity index is 1340. The number of nitrogens with one attached hydrogen (secondary N) is 2. The van der Waals surface area contributed by atoms with Gasteiger partial charge in [-0.25, -0.2) is 19.3 Å². The van der Waals surface area contributed by atoms with Gasteiger partial charge in [-0.05, 0) is 18.9 Å². The number of nitrogens with zero attached hydrogens (tertiary/aromatic N) is 8. The van der Waals surface area contributed by atoms with Gasteiger partial charge < -0.3 is 15.4 Å². The van der Waals surface area contributed by atoms with Crippen LogP contribution in [0.3, 0.4) is 0 Å². The molecule has 4 heterocycles. The summed E-state index contributed by atoms with van der Waals surface area (Å²) in [4.78, 5) is 22.6. The molecule has 1 unspecified atom stereocenters. The summed E-state index contributed by atoms with van der Waals surface area (Å²) in [6.45, 7) is 5.91. The molecule has 2 amide bonds. The molecular formula is C21H22N10O2. The fraction of sp³-hybridized carbons (Fsp3) is 0.286. The number of amides is 2. The Morgan fingerprint density at radius 3 is 2.58 bits per heavy atom. The molecule has 0 radical (unpaired) electrons. The SMILES string of the molecule is COC(c1c(NC(=O)Nc2cnc(-n3nccn3)c(C#N)c2)cnc2cc(C)nn12)C(C)C. The molecule has 4 aromatic rings. The topological polar surface area (TPSA) is 148 Å². The van der Waals surface area contributed by atoms with Gasteiger partial charge in [0.05, 0.1) is 47.6 Å². The number of fused-ring (bicyclic) bond motifs is 1. The van der Waals surface area contributed by atoms with E-state index in [0.29, 0.717) is 22.7 Å². The molecule has 0 saturated carbocycles. The highest BCUT2D eigenvalue weighted by atomic mass is 16.5. The van der Waals surface area contributed by atoms with E-state index in [2.05, 4.69) is 35.9 Å². The first-order valence-corrected chi connectivity index (χ1v) is 10.1. The maximum atomic E-state index is 12.8. The van der Waals surface area contributed by atoms with Gasteiger partial charge in [-0.1, -0.05) is 13.8 Å². The first kappa shape index (κ1) is 21.8. The summed E-state index contributed by atoms with van der Waals surface area (Å²) in [5.74, 6) is 0.374. The molecular weight excluding hydrogens is 424 g/mol. The van der Waals surface area contributed by atoms with Gasteiger partial charge in [0.15, 0.2) is 11.5 Å². The van der Waals surface area contributed by atoms with Crippen molar-refractivity contribution in [3.8, 4) is 11.9 Å². The normalized spacial score (nSPS) is 12.0. The highest BCUT2D eigenvalue weighted by Gasteiger charge is 2.24. The maximum absolute atomic E-state index is 12.8. The number of pyridine rings is 1. The van der Waals surface area contributed by atoms with Crippen molar-refractivity contribution in [3.63, 3.8) is 0 Å². The van der Waals surface area contributed by atoms with E-state index in [1.165, 1.54) is 29.5 Å². The second-order valence-corrected chi connectivity index (χ2v) is 7.62. The molecule has 0 aliphatic heterocycles. The monoisotopic (exact) mass is 446 g/mol. The summed E-state index contributed by atoms with van der Waals surface area (Å²) in [5, 5.41) is 27.5. The molecule has 1 atom stereocenters. The number of urea groups is 1. The number of methoxy groups -OCH3 is 1. The zero-order valence-corrected chi connectivity index (χ0v) is 18.5. The van der Waals surface area contributed by atoms with Gasteiger partial charge in [0.2, 0.25) is 0 Å². The zero-order chi connectivity index (χ0) is 23.5. The summed E-state index contributed by atoms with van der Waals surface area (Å²) in [6.07, 6.45) is 5.63. The quantitative estimate of drug-likeness (QED) is 0.459. The van der Waals surface area contributed by atoms with Crippen LogP contribution in [-0.2, 0) is 4.74 Å². The average molecular weight is 446 g/mol. The number of aryl methyl sites for hydroxylation is 1. The average Bonchev–Trinajstić information content (AvgIpc) is 3.44. The molecule has 0 aromatic carbocycles. The number of nitriles is 1. The summed E-state index contributed by atoms with van der Waals surface area (Å²) in [7, 11) is 1.61. The largest absolute Gasteiger partial charge is 0.375 e. The summed E-state index contributed by atoms with van der Waals surface area (Å²) in [6, 6.07) is 4.86. The van der Waals surface area contributed by atoms with Crippen molar-refractivity contribution in [1.82, 2.24) is 34.6 Å². The molecule has 0 spiro atoms. The predicted octanol–water partition coefficient (Wildman–Crippen LogP) is 2.87. The van der Waals surface area contributed by atoms with Crippen molar-refractivity contribution in [2.24, 2.45) is 5.92 Å². The van der Waals surface area contributed by atoms with Gasteiger partial charge in [-0.15, -0.1) is 4.80 Å². The molecule has 12 nitrogen and oxygen atoms in total. The van der Waals surface area contributed by atoms with E-state index in [4.69, 9.17) is 4.74 Å². The molecule has 0 aliphatic carbocycles. The molecule has 2 N–H and O–H groups in total. The van der Waals surface area contributed by atoms with Crippen LogP contribution in [0.25, 0.3) is 11.5 Å². The fourth-order valence-corrected chi connectivity index (χ4v) is 3.51. The van der Waals surface area contributed by atoms with Crippen LogP contribution in [0.2, 0.25) is 0 Å². The number of carbonyl (C=O) groups is 1. The van der Waals surface area contributed by atoms with Gasteiger partial charge in [-0.3, -0.25) is 0 Å². The van der Waals surface area contributed by atoms with E-state index in [0.717, 1.165) is 5.69 Å². The van der Waals surface area contributed by atoms with Crippen molar-refractivity contribution in [2.75, 3.05) is 17.7 Å². The number of aromatic nitrogens is 7. The summed E-state index contributed by atoms with van der Waals surface area (Å²) in [5.41, 5.74) is 3.12.